The number of rotatable bonds is 8. The van der Waals surface area contributed by atoms with Crippen molar-refractivity contribution in [2.45, 2.75) is 26.3 Å². The van der Waals surface area contributed by atoms with E-state index in [4.69, 9.17) is 11.6 Å². The summed E-state index contributed by atoms with van der Waals surface area (Å²) in [6, 6.07) is 11.4. The molecule has 1 heterocycles. The van der Waals surface area contributed by atoms with Crippen LogP contribution in [0.1, 0.15) is 25.0 Å². The molecule has 9 nitrogen and oxygen atoms in total. The van der Waals surface area contributed by atoms with Gasteiger partial charge in [-0.3, -0.25) is 14.4 Å². The lowest BCUT2D eigenvalue weighted by Gasteiger charge is -2.12. The first-order valence-corrected chi connectivity index (χ1v) is 10.1. The van der Waals surface area contributed by atoms with Gasteiger partial charge in [0.15, 0.2) is 5.78 Å². The molecular weight excluding hydrogens is 432 g/mol. The number of anilines is 1. The lowest BCUT2D eigenvalue weighted by molar-refractivity contribution is -0.124. The van der Waals surface area contributed by atoms with Gasteiger partial charge in [0.2, 0.25) is 11.8 Å². The molecule has 0 aliphatic carbocycles. The van der Waals surface area contributed by atoms with Gasteiger partial charge in [0.1, 0.15) is 6.33 Å². The van der Waals surface area contributed by atoms with E-state index in [2.05, 4.69) is 26.2 Å². The van der Waals surface area contributed by atoms with E-state index >= 15 is 0 Å². The Labute approximate surface area is 189 Å². The third-order valence-electron chi connectivity index (χ3n) is 4.49. The number of hydrogen-bond donors (Lipinski definition) is 2. The molecule has 3 rings (SSSR count). The molecule has 0 bridgehead atoms. The van der Waals surface area contributed by atoms with Crippen LogP contribution in [0, 0.1) is 0 Å². The summed E-state index contributed by atoms with van der Waals surface area (Å²) < 4.78 is 1.46. The Balaban J connectivity index is 1.60. The molecule has 0 saturated heterocycles. The van der Waals surface area contributed by atoms with Crippen LogP contribution in [0.2, 0.25) is 5.02 Å². The van der Waals surface area contributed by atoms with Gasteiger partial charge in [-0.25, -0.2) is 0 Å². The number of carbonyl (C=O) groups excluding carboxylic acids is 3. The first-order chi connectivity index (χ1) is 15.3. The third kappa shape index (κ3) is 6.32. The highest BCUT2D eigenvalue weighted by atomic mass is 35.5. The quantitative estimate of drug-likeness (QED) is 0.507. The molecule has 0 aliphatic heterocycles. The Kier molecular flexibility index (Phi) is 7.45. The van der Waals surface area contributed by atoms with Crippen molar-refractivity contribution in [2.24, 2.45) is 0 Å². The third-order valence-corrected chi connectivity index (χ3v) is 4.73. The molecule has 0 fully saturated rings. The van der Waals surface area contributed by atoms with Crippen LogP contribution in [0.3, 0.4) is 0 Å². The van der Waals surface area contributed by atoms with Crippen molar-refractivity contribution >= 4 is 41.0 Å². The van der Waals surface area contributed by atoms with Crippen LogP contribution in [0.15, 0.2) is 54.9 Å². The monoisotopic (exact) mass is 452 g/mol. The van der Waals surface area contributed by atoms with E-state index in [-0.39, 0.29) is 18.1 Å². The van der Waals surface area contributed by atoms with Gasteiger partial charge in [0.05, 0.1) is 11.7 Å². The summed E-state index contributed by atoms with van der Waals surface area (Å²) in [5.74, 6) is -0.730. The predicted molar refractivity (Wildman–Crippen MR) is 120 cm³/mol. The fraction of sp³-hybridized carbons (Fsp3) is 0.182. The average molecular weight is 453 g/mol. The summed E-state index contributed by atoms with van der Waals surface area (Å²) in [5, 5.41) is 16.9. The lowest BCUT2D eigenvalue weighted by atomic mass is 10.0. The molecule has 0 spiro atoms. The first-order valence-electron chi connectivity index (χ1n) is 9.72. The molecule has 0 aliphatic rings. The first kappa shape index (κ1) is 22.8. The van der Waals surface area contributed by atoms with Crippen LogP contribution in [0.25, 0.3) is 11.8 Å². The van der Waals surface area contributed by atoms with Crippen LogP contribution in [0.5, 0.6) is 0 Å². The zero-order valence-corrected chi connectivity index (χ0v) is 18.2. The highest BCUT2D eigenvalue weighted by Gasteiger charge is 2.15. The van der Waals surface area contributed by atoms with E-state index in [1.165, 1.54) is 24.0 Å². The fourth-order valence-electron chi connectivity index (χ4n) is 2.91. The van der Waals surface area contributed by atoms with Crippen LogP contribution >= 0.6 is 11.6 Å². The average Bonchev–Trinajstić information content (AvgIpc) is 3.28. The summed E-state index contributed by atoms with van der Waals surface area (Å²) in [7, 11) is 0. The second-order valence-corrected chi connectivity index (χ2v) is 7.48. The van der Waals surface area contributed by atoms with Gasteiger partial charge >= 0.3 is 0 Å². The molecule has 1 atom stereocenters. The van der Waals surface area contributed by atoms with Gasteiger partial charge in [-0.05, 0) is 59.3 Å². The number of aromatic nitrogens is 4. The van der Waals surface area contributed by atoms with Crippen LogP contribution in [-0.2, 0) is 20.8 Å². The van der Waals surface area contributed by atoms with E-state index in [0.717, 1.165) is 5.56 Å². The van der Waals surface area contributed by atoms with Crippen LogP contribution in [0.4, 0.5) is 5.69 Å². The molecule has 2 N–H and O–H groups in total. The van der Waals surface area contributed by atoms with Crippen LogP contribution in [-0.4, -0.2) is 43.8 Å². The number of Topliss-reactive ketones (excluding diaryl/α,β-unsaturated/α-hetero) is 1. The minimum Gasteiger partial charge on any atom is -0.343 e. The minimum absolute atomic E-state index is 0.142. The molecule has 32 heavy (non-hydrogen) atoms. The van der Waals surface area contributed by atoms with Crippen molar-refractivity contribution in [3.05, 3.63) is 71.0 Å². The zero-order chi connectivity index (χ0) is 23.1. The van der Waals surface area contributed by atoms with E-state index < -0.39 is 11.9 Å². The highest BCUT2D eigenvalue weighted by Crippen LogP contribution is 2.20. The van der Waals surface area contributed by atoms with Gasteiger partial charge in [-0.2, -0.15) is 4.68 Å². The second kappa shape index (κ2) is 10.5. The normalized spacial score (nSPS) is 11.8. The predicted octanol–water partition coefficient (Wildman–Crippen LogP) is 2.60. The van der Waals surface area contributed by atoms with E-state index in [0.29, 0.717) is 22.0 Å². The summed E-state index contributed by atoms with van der Waals surface area (Å²) >= 11 is 6.07. The molecule has 164 valence electrons. The molecule has 10 heteroatoms. The number of halogens is 1. The number of carbonyl (C=O) groups is 3. The van der Waals surface area contributed by atoms with E-state index in [9.17, 15) is 14.4 Å². The summed E-state index contributed by atoms with van der Waals surface area (Å²) in [6.45, 7) is 3.06. The number of ketones is 1. The Morgan fingerprint density at radius 2 is 1.91 bits per heavy atom. The highest BCUT2D eigenvalue weighted by molar-refractivity contribution is 6.30. The van der Waals surface area contributed by atoms with Gasteiger partial charge in [0.25, 0.3) is 0 Å². The molecule has 1 aromatic heterocycles. The Bertz CT molecular complexity index is 1140. The fourth-order valence-corrected chi connectivity index (χ4v) is 3.09. The maximum atomic E-state index is 12.5. The molecule has 2 amide bonds. The second-order valence-electron chi connectivity index (χ2n) is 7.04. The molecule has 3 aromatic rings. The Hall–Kier alpha value is -3.85. The molecular formula is C22H21ClN6O3. The topological polar surface area (TPSA) is 119 Å². The number of hydrogen-bond acceptors (Lipinski definition) is 6. The van der Waals surface area contributed by atoms with Gasteiger partial charge in [-0.1, -0.05) is 23.7 Å². The number of nitrogens with one attached hydrogen (secondary N) is 2. The van der Waals surface area contributed by atoms with Crippen molar-refractivity contribution < 1.29 is 14.4 Å². The van der Waals surface area contributed by atoms with Crippen molar-refractivity contribution in [1.82, 2.24) is 25.5 Å². The molecule has 0 radical (unpaired) electrons. The maximum Gasteiger partial charge on any atom is 0.244 e. The standard InChI is InChI=1S/C22H21ClN6O3/c1-14(21(31)11-16-3-7-19(8-4-16)26-15(2)30)25-22(32)10-5-17-12-18(23)6-9-20(17)29-13-24-27-28-29/h3-10,12-14H,11H2,1-2H3,(H,25,32)(H,26,30)/b10-5+/t14-/m0/s1. The Morgan fingerprint density at radius 1 is 1.16 bits per heavy atom. The molecule has 0 saturated carbocycles. The minimum atomic E-state index is -0.680. The smallest absolute Gasteiger partial charge is 0.244 e. The number of benzene rings is 2. The number of nitrogens with zero attached hydrogens (tertiary/aromatic N) is 4. The van der Waals surface area contributed by atoms with Crippen molar-refractivity contribution in [3.8, 4) is 5.69 Å². The van der Waals surface area contributed by atoms with Crippen molar-refractivity contribution in [1.29, 1.82) is 0 Å². The number of amides is 2. The summed E-state index contributed by atoms with van der Waals surface area (Å²) in [5.41, 5.74) is 2.72. The maximum absolute atomic E-state index is 12.5. The van der Waals surface area contributed by atoms with Crippen LogP contribution < -0.4 is 10.6 Å². The number of tetrazole rings is 1. The summed E-state index contributed by atoms with van der Waals surface area (Å²) in [4.78, 5) is 35.9. The van der Waals surface area contributed by atoms with Gasteiger partial charge in [-0.15, -0.1) is 5.10 Å². The zero-order valence-electron chi connectivity index (χ0n) is 17.4. The van der Waals surface area contributed by atoms with Crippen molar-refractivity contribution in [3.63, 3.8) is 0 Å². The van der Waals surface area contributed by atoms with Gasteiger partial charge in [0, 0.05) is 35.7 Å². The van der Waals surface area contributed by atoms with E-state index in [1.807, 2.05) is 0 Å². The Morgan fingerprint density at radius 3 is 2.56 bits per heavy atom. The van der Waals surface area contributed by atoms with Gasteiger partial charge < -0.3 is 10.6 Å². The molecule has 0 unspecified atom stereocenters. The van der Waals surface area contributed by atoms with Crippen molar-refractivity contribution in [2.75, 3.05) is 5.32 Å². The molecule has 2 aromatic carbocycles. The summed E-state index contributed by atoms with van der Waals surface area (Å²) in [6.07, 6.45) is 4.50. The SMILES string of the molecule is CC(=O)Nc1ccc(CC(=O)[C@H](C)NC(=O)/C=C/c2cc(Cl)ccc2-n2cnnn2)cc1. The lowest BCUT2D eigenvalue weighted by Crippen LogP contribution is -2.38. The van der Waals surface area contributed by atoms with E-state index in [1.54, 1.807) is 55.5 Å². The largest absolute Gasteiger partial charge is 0.343 e.